The van der Waals surface area contributed by atoms with Gasteiger partial charge in [0, 0.05) is 61.3 Å². The van der Waals surface area contributed by atoms with E-state index in [1.165, 1.54) is 22.7 Å². The molecule has 1 saturated heterocycles. The van der Waals surface area contributed by atoms with Gasteiger partial charge in [0.15, 0.2) is 5.13 Å². The summed E-state index contributed by atoms with van der Waals surface area (Å²) in [4.78, 5) is 38.1. The lowest BCUT2D eigenvalue weighted by molar-refractivity contribution is -0.132. The van der Waals surface area contributed by atoms with E-state index in [1.54, 1.807) is 6.07 Å². The number of carbonyl (C=O) groups excluding carboxylic acids is 2. The molecule has 4 heterocycles. The first-order valence-corrected chi connectivity index (χ1v) is 13.0. The molecule has 1 aromatic carbocycles. The van der Waals surface area contributed by atoms with E-state index in [2.05, 4.69) is 20.1 Å². The van der Waals surface area contributed by atoms with Gasteiger partial charge in [0.25, 0.3) is 5.91 Å². The first-order chi connectivity index (χ1) is 16.0. The molecule has 0 bridgehead atoms. The number of benzene rings is 1. The smallest absolute Gasteiger partial charge is 0.267 e. The minimum atomic E-state index is -0.124. The molecule has 0 spiro atoms. The van der Waals surface area contributed by atoms with Gasteiger partial charge in [-0.25, -0.2) is 4.98 Å². The monoisotopic (exact) mass is 501 g/mol. The predicted octanol–water partition coefficient (Wildman–Crippen LogP) is 3.82. The molecule has 33 heavy (non-hydrogen) atoms. The average Bonchev–Trinajstić information content (AvgIpc) is 3.49. The molecule has 10 heteroatoms. The quantitative estimate of drug-likeness (QED) is 0.575. The van der Waals surface area contributed by atoms with Gasteiger partial charge in [-0.2, -0.15) is 0 Å². The molecule has 7 nitrogen and oxygen atoms in total. The molecular weight excluding hydrogens is 478 g/mol. The number of halogens is 1. The van der Waals surface area contributed by atoms with Crippen molar-refractivity contribution in [2.24, 2.45) is 0 Å². The lowest BCUT2D eigenvalue weighted by atomic mass is 10.2. The molecule has 0 radical (unpaired) electrons. The van der Waals surface area contributed by atoms with E-state index >= 15 is 0 Å². The molecule has 1 N–H and O–H groups in total. The number of fused-ring (bicyclic) bond motifs is 1. The van der Waals surface area contributed by atoms with E-state index in [4.69, 9.17) is 11.6 Å². The van der Waals surface area contributed by atoms with E-state index in [9.17, 15) is 9.59 Å². The molecule has 2 aliphatic heterocycles. The standard InChI is InChI=1S/C23H24ClN5O2S2/c24-16-3-5-17(6-4-16)28-9-11-29(12-10-28)21(30)15-27-8-7-18-20(14-27)33-23(25-18)26-22(31)19-2-1-13-32-19/h1-6,13H,7-12,14-15H2,(H,25,26,31). The largest absolute Gasteiger partial charge is 0.368 e. The number of carbonyl (C=O) groups is 2. The van der Waals surface area contributed by atoms with Gasteiger partial charge in [0.2, 0.25) is 5.91 Å². The number of hydrogen-bond donors (Lipinski definition) is 1. The summed E-state index contributed by atoms with van der Waals surface area (Å²) in [5.41, 5.74) is 2.17. The summed E-state index contributed by atoms with van der Waals surface area (Å²) in [6.07, 6.45) is 0.790. The predicted molar refractivity (Wildman–Crippen MR) is 134 cm³/mol. The van der Waals surface area contributed by atoms with Crippen LogP contribution in [0.4, 0.5) is 10.8 Å². The minimum Gasteiger partial charge on any atom is -0.368 e. The number of amides is 2. The molecule has 0 aliphatic carbocycles. The van der Waals surface area contributed by atoms with E-state index in [-0.39, 0.29) is 11.8 Å². The normalized spacial score (nSPS) is 16.5. The fourth-order valence-corrected chi connectivity index (χ4v) is 5.95. The second-order valence-electron chi connectivity index (χ2n) is 8.13. The van der Waals surface area contributed by atoms with Crippen LogP contribution in [0.2, 0.25) is 5.02 Å². The van der Waals surface area contributed by atoms with Gasteiger partial charge in [0.1, 0.15) is 0 Å². The highest BCUT2D eigenvalue weighted by molar-refractivity contribution is 7.16. The Morgan fingerprint density at radius 2 is 1.85 bits per heavy atom. The average molecular weight is 502 g/mol. The summed E-state index contributed by atoms with van der Waals surface area (Å²) in [6.45, 7) is 4.98. The summed E-state index contributed by atoms with van der Waals surface area (Å²) >= 11 is 8.90. The van der Waals surface area contributed by atoms with Crippen LogP contribution in [-0.4, -0.2) is 65.9 Å². The second-order valence-corrected chi connectivity index (χ2v) is 10.6. The zero-order valence-corrected chi connectivity index (χ0v) is 20.4. The van der Waals surface area contributed by atoms with Crippen LogP contribution < -0.4 is 10.2 Å². The number of hydrogen-bond acceptors (Lipinski definition) is 7. The zero-order chi connectivity index (χ0) is 22.8. The number of nitrogens with one attached hydrogen (secondary N) is 1. The molecule has 0 unspecified atom stereocenters. The van der Waals surface area contributed by atoms with Crippen LogP contribution in [0.1, 0.15) is 20.2 Å². The number of aromatic nitrogens is 1. The van der Waals surface area contributed by atoms with Gasteiger partial charge < -0.3 is 9.80 Å². The summed E-state index contributed by atoms with van der Waals surface area (Å²) in [5, 5.41) is 6.15. The Labute approximate surface area is 205 Å². The van der Waals surface area contributed by atoms with Crippen molar-refractivity contribution in [1.29, 1.82) is 0 Å². The third-order valence-electron chi connectivity index (χ3n) is 5.96. The third-order valence-corrected chi connectivity index (χ3v) is 8.08. The summed E-state index contributed by atoms with van der Waals surface area (Å²) in [5.74, 6) is 0.0471. The Morgan fingerprint density at radius 1 is 1.06 bits per heavy atom. The van der Waals surface area contributed by atoms with Crippen molar-refractivity contribution in [2.75, 3.05) is 49.5 Å². The first kappa shape index (κ1) is 22.3. The Morgan fingerprint density at radius 3 is 2.58 bits per heavy atom. The molecule has 0 saturated carbocycles. The van der Waals surface area contributed by atoms with Gasteiger partial charge in [-0.05, 0) is 35.7 Å². The number of anilines is 2. The van der Waals surface area contributed by atoms with Gasteiger partial charge in [-0.15, -0.1) is 22.7 Å². The highest BCUT2D eigenvalue weighted by atomic mass is 35.5. The maximum Gasteiger partial charge on any atom is 0.267 e. The Hall–Kier alpha value is -2.46. The highest BCUT2D eigenvalue weighted by Crippen LogP contribution is 2.29. The number of piperazine rings is 1. The van der Waals surface area contributed by atoms with Gasteiger partial charge >= 0.3 is 0 Å². The number of nitrogens with zero attached hydrogens (tertiary/aromatic N) is 4. The van der Waals surface area contributed by atoms with Crippen LogP contribution in [0, 0.1) is 0 Å². The van der Waals surface area contributed by atoms with Crippen molar-refractivity contribution < 1.29 is 9.59 Å². The van der Waals surface area contributed by atoms with Gasteiger partial charge in [-0.3, -0.25) is 19.8 Å². The van der Waals surface area contributed by atoms with E-state index in [1.807, 2.05) is 40.6 Å². The maximum absolute atomic E-state index is 12.9. The molecule has 3 aromatic rings. The fraction of sp³-hybridized carbons (Fsp3) is 0.348. The van der Waals surface area contributed by atoms with Crippen molar-refractivity contribution in [3.63, 3.8) is 0 Å². The van der Waals surface area contributed by atoms with Crippen molar-refractivity contribution in [2.45, 2.75) is 13.0 Å². The molecule has 2 aromatic heterocycles. The molecular formula is C23H24ClN5O2S2. The fourth-order valence-electron chi connectivity index (χ4n) is 4.16. The topological polar surface area (TPSA) is 68.8 Å². The van der Waals surface area contributed by atoms with Crippen LogP contribution in [0.25, 0.3) is 0 Å². The number of thiazole rings is 1. The van der Waals surface area contributed by atoms with Crippen molar-refractivity contribution in [3.8, 4) is 0 Å². The summed E-state index contributed by atoms with van der Waals surface area (Å²) in [6, 6.07) is 11.5. The Kier molecular flexibility index (Phi) is 6.64. The summed E-state index contributed by atoms with van der Waals surface area (Å²) in [7, 11) is 0. The van der Waals surface area contributed by atoms with Crippen LogP contribution in [-0.2, 0) is 17.8 Å². The highest BCUT2D eigenvalue weighted by Gasteiger charge is 2.26. The summed E-state index contributed by atoms with van der Waals surface area (Å²) < 4.78 is 0. The Bertz CT molecular complexity index is 1120. The lowest BCUT2D eigenvalue weighted by Gasteiger charge is -2.37. The van der Waals surface area contributed by atoms with Gasteiger partial charge in [-0.1, -0.05) is 17.7 Å². The van der Waals surface area contributed by atoms with Crippen LogP contribution in [0.3, 0.4) is 0 Å². The molecule has 2 amide bonds. The molecule has 5 rings (SSSR count). The van der Waals surface area contributed by atoms with Crippen LogP contribution >= 0.6 is 34.3 Å². The Balaban J connectivity index is 1.13. The van der Waals surface area contributed by atoms with E-state index < -0.39 is 0 Å². The van der Waals surface area contributed by atoms with Gasteiger partial charge in [0.05, 0.1) is 17.1 Å². The minimum absolute atomic E-state index is 0.124. The first-order valence-electron chi connectivity index (χ1n) is 10.9. The van der Waals surface area contributed by atoms with Crippen molar-refractivity contribution in [1.82, 2.24) is 14.8 Å². The SMILES string of the molecule is O=C(Nc1nc2c(s1)CN(CC(=O)N1CCN(c3ccc(Cl)cc3)CC1)CC2)c1cccs1. The van der Waals surface area contributed by atoms with E-state index in [0.717, 1.165) is 60.4 Å². The molecule has 0 atom stereocenters. The molecule has 172 valence electrons. The van der Waals surface area contributed by atoms with Crippen molar-refractivity contribution >= 4 is 56.9 Å². The van der Waals surface area contributed by atoms with Crippen LogP contribution in [0.15, 0.2) is 41.8 Å². The number of rotatable bonds is 5. The molecule has 1 fully saturated rings. The second kappa shape index (κ2) is 9.80. The van der Waals surface area contributed by atoms with E-state index in [0.29, 0.717) is 23.1 Å². The third kappa shape index (κ3) is 5.22. The zero-order valence-electron chi connectivity index (χ0n) is 18.0. The lowest BCUT2D eigenvalue weighted by Crippen LogP contribution is -2.51. The molecule has 2 aliphatic rings. The number of thiophene rings is 1. The maximum atomic E-state index is 12.9. The van der Waals surface area contributed by atoms with Crippen molar-refractivity contribution in [3.05, 3.63) is 62.2 Å². The van der Waals surface area contributed by atoms with Crippen LogP contribution in [0.5, 0.6) is 0 Å².